The molecule has 0 saturated heterocycles. The summed E-state index contributed by atoms with van der Waals surface area (Å²) in [4.78, 5) is 0. The molecule has 0 aliphatic rings. The smallest absolute Gasteiger partial charge is 0.270 e. The summed E-state index contributed by atoms with van der Waals surface area (Å²) in [5.41, 5.74) is 6.01. The molecular formula is C7H9N2O+. The second-order valence-electron chi connectivity index (χ2n) is 2.00. The average molecular weight is 137 g/mol. The lowest BCUT2D eigenvalue weighted by molar-refractivity contribution is -0.114. The number of hydrogen-bond donors (Lipinski definition) is 3. The number of amidine groups is 1. The summed E-state index contributed by atoms with van der Waals surface area (Å²) in [6.07, 6.45) is 0. The highest BCUT2D eigenvalue weighted by molar-refractivity contribution is 5.92. The van der Waals surface area contributed by atoms with Crippen molar-refractivity contribution in [1.29, 1.82) is 0 Å². The fourth-order valence-electron chi connectivity index (χ4n) is 0.654. The molecule has 0 saturated carbocycles. The van der Waals surface area contributed by atoms with Gasteiger partial charge in [0.1, 0.15) is 5.75 Å². The molecule has 3 nitrogen and oxygen atoms in total. The van der Waals surface area contributed by atoms with E-state index in [2.05, 4.69) is 0 Å². The molecule has 10 heavy (non-hydrogen) atoms. The summed E-state index contributed by atoms with van der Waals surface area (Å²) >= 11 is 0. The summed E-state index contributed by atoms with van der Waals surface area (Å²) in [6.45, 7) is 0. The molecule has 0 fully saturated rings. The Bertz CT molecular complexity index is 240. The van der Waals surface area contributed by atoms with E-state index < -0.39 is 0 Å². The molecule has 1 aromatic rings. The van der Waals surface area contributed by atoms with Crippen LogP contribution in [0.1, 0.15) is 5.56 Å². The highest BCUT2D eigenvalue weighted by Gasteiger charge is 1.98. The van der Waals surface area contributed by atoms with E-state index in [1.54, 1.807) is 12.1 Å². The van der Waals surface area contributed by atoms with Crippen LogP contribution in [0.15, 0.2) is 24.3 Å². The van der Waals surface area contributed by atoms with Crippen LogP contribution < -0.4 is 11.1 Å². The molecule has 3 heteroatoms. The van der Waals surface area contributed by atoms with Crippen LogP contribution in [0.4, 0.5) is 0 Å². The van der Waals surface area contributed by atoms with E-state index in [-0.39, 0.29) is 11.6 Å². The highest BCUT2D eigenvalue weighted by Crippen LogP contribution is 2.07. The molecule has 0 bridgehead atoms. The molecule has 0 aliphatic heterocycles. The molecule has 0 aliphatic carbocycles. The van der Waals surface area contributed by atoms with Crippen molar-refractivity contribution < 1.29 is 10.5 Å². The monoisotopic (exact) mass is 137 g/mol. The van der Waals surface area contributed by atoms with Crippen LogP contribution in [0.2, 0.25) is 0 Å². The molecule has 0 heterocycles. The molecule has 5 N–H and O–H groups in total. The van der Waals surface area contributed by atoms with Crippen molar-refractivity contribution in [2.75, 3.05) is 0 Å². The van der Waals surface area contributed by atoms with Crippen molar-refractivity contribution in [2.45, 2.75) is 0 Å². The minimum absolute atomic E-state index is 0.213. The van der Waals surface area contributed by atoms with Gasteiger partial charge in [0, 0.05) is 0 Å². The maximum atomic E-state index is 8.85. The van der Waals surface area contributed by atoms with E-state index in [9.17, 15) is 0 Å². The van der Waals surface area contributed by atoms with Crippen molar-refractivity contribution in [1.82, 2.24) is 0 Å². The van der Waals surface area contributed by atoms with Crippen molar-refractivity contribution >= 4 is 5.84 Å². The van der Waals surface area contributed by atoms with Gasteiger partial charge in [-0.1, -0.05) is 0 Å². The minimum atomic E-state index is 0.213. The number of aromatic hydroxyl groups is 1. The van der Waals surface area contributed by atoms with Crippen LogP contribution in [-0.2, 0) is 0 Å². The van der Waals surface area contributed by atoms with Gasteiger partial charge in [0.15, 0.2) is 0 Å². The fourth-order valence-corrected chi connectivity index (χ4v) is 0.654. The number of rotatable bonds is 1. The van der Waals surface area contributed by atoms with Gasteiger partial charge in [-0.15, -0.1) is 0 Å². The van der Waals surface area contributed by atoms with E-state index in [4.69, 9.17) is 16.2 Å². The normalized spacial score (nSPS) is 9.20. The third-order valence-electron chi connectivity index (χ3n) is 1.20. The van der Waals surface area contributed by atoms with E-state index in [0.29, 0.717) is 0 Å². The first-order valence-electron chi connectivity index (χ1n) is 2.87. The van der Waals surface area contributed by atoms with Gasteiger partial charge in [-0.05, 0) is 24.3 Å². The quantitative estimate of drug-likeness (QED) is 0.338. The van der Waals surface area contributed by atoms with Gasteiger partial charge >= 0.3 is 0 Å². The molecule has 1 rings (SSSR count). The summed E-state index contributed by atoms with van der Waals surface area (Å²) in [6, 6.07) is 6.39. The molecule has 0 aromatic heterocycles. The zero-order chi connectivity index (χ0) is 7.56. The van der Waals surface area contributed by atoms with Crippen molar-refractivity contribution in [3.63, 3.8) is 0 Å². The Labute approximate surface area is 58.6 Å². The molecule has 0 atom stereocenters. The van der Waals surface area contributed by atoms with Gasteiger partial charge in [0.25, 0.3) is 5.84 Å². The summed E-state index contributed by atoms with van der Waals surface area (Å²) in [5.74, 6) is 0.477. The molecular weight excluding hydrogens is 128 g/mol. The first-order chi connectivity index (χ1) is 4.70. The van der Waals surface area contributed by atoms with Crippen LogP contribution in [0, 0.1) is 0 Å². The summed E-state index contributed by atoms with van der Waals surface area (Å²) in [5, 5.41) is 14.1. The summed E-state index contributed by atoms with van der Waals surface area (Å²) < 4.78 is 0. The van der Waals surface area contributed by atoms with E-state index >= 15 is 0 Å². The maximum Gasteiger partial charge on any atom is 0.270 e. The number of phenolic OH excluding ortho intramolecular Hbond substituents is 1. The second kappa shape index (κ2) is 2.39. The lowest BCUT2D eigenvalue weighted by atomic mass is 10.2. The van der Waals surface area contributed by atoms with Crippen LogP contribution >= 0.6 is 0 Å². The molecule has 0 radical (unpaired) electrons. The molecule has 52 valence electrons. The van der Waals surface area contributed by atoms with Crippen molar-refractivity contribution in [3.8, 4) is 5.75 Å². The Morgan fingerprint density at radius 3 is 2.20 bits per heavy atom. The average Bonchev–Trinajstić information content (AvgIpc) is 1.88. The number of phenols is 1. The third-order valence-corrected chi connectivity index (χ3v) is 1.20. The summed E-state index contributed by atoms with van der Waals surface area (Å²) in [7, 11) is 0. The second-order valence-corrected chi connectivity index (χ2v) is 2.00. The molecule has 0 unspecified atom stereocenters. The predicted molar refractivity (Wildman–Crippen MR) is 38.3 cm³/mol. The van der Waals surface area contributed by atoms with Crippen LogP contribution in [0.3, 0.4) is 0 Å². The van der Waals surface area contributed by atoms with Gasteiger partial charge in [0.05, 0.1) is 5.56 Å². The Morgan fingerprint density at radius 1 is 1.30 bits per heavy atom. The number of benzene rings is 1. The molecule has 0 spiro atoms. The largest absolute Gasteiger partial charge is 0.508 e. The Kier molecular flexibility index (Phi) is 1.58. The topological polar surface area (TPSA) is 71.8 Å². The highest BCUT2D eigenvalue weighted by atomic mass is 16.3. The third kappa shape index (κ3) is 1.25. The van der Waals surface area contributed by atoms with Crippen molar-refractivity contribution in [2.24, 2.45) is 5.73 Å². The van der Waals surface area contributed by atoms with Crippen LogP contribution in [0.25, 0.3) is 0 Å². The predicted octanol–water partition coefficient (Wildman–Crippen LogP) is -1.14. The van der Waals surface area contributed by atoms with E-state index in [0.717, 1.165) is 5.56 Å². The van der Waals surface area contributed by atoms with Gasteiger partial charge in [0.2, 0.25) is 0 Å². The van der Waals surface area contributed by atoms with Crippen LogP contribution in [-0.4, -0.2) is 10.9 Å². The Morgan fingerprint density at radius 2 is 1.80 bits per heavy atom. The van der Waals surface area contributed by atoms with Gasteiger partial charge in [-0.3, -0.25) is 11.1 Å². The maximum absolute atomic E-state index is 8.85. The van der Waals surface area contributed by atoms with E-state index in [1.165, 1.54) is 12.1 Å². The molecule has 0 amide bonds. The van der Waals surface area contributed by atoms with Crippen molar-refractivity contribution in [3.05, 3.63) is 29.8 Å². The number of hydrogen-bond acceptors (Lipinski definition) is 1. The lowest BCUT2D eigenvalue weighted by Gasteiger charge is -1.91. The first-order valence-corrected chi connectivity index (χ1v) is 2.87. The number of nitrogens with two attached hydrogens (primary N) is 2. The van der Waals surface area contributed by atoms with Gasteiger partial charge in [-0.25, -0.2) is 0 Å². The van der Waals surface area contributed by atoms with Gasteiger partial charge < -0.3 is 5.11 Å². The first kappa shape index (κ1) is 6.61. The SMILES string of the molecule is NC(=[NH2+])c1ccc(O)cc1. The van der Waals surface area contributed by atoms with E-state index in [1.807, 2.05) is 0 Å². The van der Waals surface area contributed by atoms with Crippen LogP contribution in [0.5, 0.6) is 5.75 Å². The Balaban J connectivity index is 3.00. The molecule has 1 aromatic carbocycles. The zero-order valence-corrected chi connectivity index (χ0v) is 5.41. The fraction of sp³-hybridized carbons (Fsp3) is 0. The minimum Gasteiger partial charge on any atom is -0.508 e. The van der Waals surface area contributed by atoms with Gasteiger partial charge in [-0.2, -0.15) is 0 Å². The Hall–Kier alpha value is -1.51. The standard InChI is InChI=1S/C7H8N2O/c8-7(9)5-1-3-6(10)4-2-5/h1-4,10H,(H3,8,9)/p+1. The lowest BCUT2D eigenvalue weighted by Crippen LogP contribution is -2.46. The zero-order valence-electron chi connectivity index (χ0n) is 5.41.